The Morgan fingerprint density at radius 3 is 2.59 bits per heavy atom. The zero-order chi connectivity index (χ0) is 20.2. The molecule has 0 spiro atoms. The van der Waals surface area contributed by atoms with E-state index in [2.05, 4.69) is 15.6 Å². The number of pyridine rings is 1. The van der Waals surface area contributed by atoms with Crippen molar-refractivity contribution in [2.75, 3.05) is 24.3 Å². The molecule has 6 nitrogen and oxygen atoms in total. The lowest BCUT2D eigenvalue weighted by atomic mass is 10.2. The molecule has 4 rings (SSSR count). The lowest BCUT2D eigenvalue weighted by molar-refractivity contribution is 0.251. The highest BCUT2D eigenvalue weighted by Gasteiger charge is 2.12. The van der Waals surface area contributed by atoms with Crippen molar-refractivity contribution in [2.45, 2.75) is 6.54 Å². The number of aromatic nitrogens is 2. The second kappa shape index (κ2) is 8.28. The Morgan fingerprint density at radius 1 is 0.966 bits per heavy atom. The third kappa shape index (κ3) is 4.35. The summed E-state index contributed by atoms with van der Waals surface area (Å²) in [5.41, 5.74) is 3.38. The summed E-state index contributed by atoms with van der Waals surface area (Å²) in [5, 5.41) is 6.69. The van der Waals surface area contributed by atoms with Crippen molar-refractivity contribution in [3.05, 3.63) is 72.4 Å². The average Bonchev–Trinajstić information content (AvgIpc) is 3.17. The van der Waals surface area contributed by atoms with Gasteiger partial charge in [-0.25, -0.2) is 14.8 Å². The Labute approximate surface area is 173 Å². The van der Waals surface area contributed by atoms with Crippen LogP contribution in [0.3, 0.4) is 0 Å². The summed E-state index contributed by atoms with van der Waals surface area (Å²) in [7, 11) is 3.87. The number of anilines is 2. The highest BCUT2D eigenvalue weighted by atomic mass is 32.1. The molecule has 0 bridgehead atoms. The fourth-order valence-electron chi connectivity index (χ4n) is 2.92. The summed E-state index contributed by atoms with van der Waals surface area (Å²) < 4.78 is 1.12. The van der Waals surface area contributed by atoms with Gasteiger partial charge in [0.1, 0.15) is 10.8 Å². The molecule has 0 unspecified atom stereocenters. The highest BCUT2D eigenvalue weighted by Crippen LogP contribution is 2.34. The first-order valence-electron chi connectivity index (χ1n) is 9.23. The summed E-state index contributed by atoms with van der Waals surface area (Å²) >= 11 is 1.61. The van der Waals surface area contributed by atoms with E-state index in [9.17, 15) is 4.79 Å². The third-order valence-electron chi connectivity index (χ3n) is 4.38. The van der Waals surface area contributed by atoms with E-state index in [4.69, 9.17) is 4.98 Å². The van der Waals surface area contributed by atoms with Gasteiger partial charge in [0, 0.05) is 19.7 Å². The number of nitrogens with one attached hydrogen (secondary N) is 2. The van der Waals surface area contributed by atoms with Gasteiger partial charge in [0.25, 0.3) is 0 Å². The number of thiazole rings is 1. The molecule has 0 aliphatic rings. The lowest BCUT2D eigenvalue weighted by Crippen LogP contribution is -2.29. The fourth-order valence-corrected chi connectivity index (χ4v) is 3.92. The van der Waals surface area contributed by atoms with E-state index >= 15 is 0 Å². The highest BCUT2D eigenvalue weighted by molar-refractivity contribution is 7.21. The number of para-hydroxylation sites is 2. The topological polar surface area (TPSA) is 70.2 Å². The Hall–Kier alpha value is -3.45. The molecule has 0 aliphatic heterocycles. The van der Waals surface area contributed by atoms with E-state index in [0.29, 0.717) is 6.54 Å². The van der Waals surface area contributed by atoms with Crippen LogP contribution in [0.15, 0.2) is 66.7 Å². The molecule has 0 atom stereocenters. The van der Waals surface area contributed by atoms with Crippen LogP contribution in [0.5, 0.6) is 0 Å². The maximum atomic E-state index is 12.5. The maximum Gasteiger partial charge on any atom is 0.319 e. The first-order valence-corrected chi connectivity index (χ1v) is 10.0. The Bertz CT molecular complexity index is 1120. The smallest absolute Gasteiger partial charge is 0.319 e. The van der Waals surface area contributed by atoms with Crippen LogP contribution in [0.4, 0.5) is 16.3 Å². The second-order valence-corrected chi connectivity index (χ2v) is 7.75. The Balaban J connectivity index is 1.48. The van der Waals surface area contributed by atoms with Crippen molar-refractivity contribution in [1.82, 2.24) is 15.3 Å². The van der Waals surface area contributed by atoms with Gasteiger partial charge in [-0.3, -0.25) is 0 Å². The average molecular weight is 404 g/mol. The number of fused-ring (bicyclic) bond motifs is 1. The van der Waals surface area contributed by atoms with Crippen LogP contribution in [0.1, 0.15) is 5.69 Å². The molecule has 2 aromatic heterocycles. The van der Waals surface area contributed by atoms with E-state index in [-0.39, 0.29) is 6.03 Å². The third-order valence-corrected chi connectivity index (χ3v) is 5.45. The van der Waals surface area contributed by atoms with Gasteiger partial charge in [0.05, 0.1) is 28.1 Å². The number of rotatable bonds is 5. The van der Waals surface area contributed by atoms with Crippen molar-refractivity contribution in [2.24, 2.45) is 0 Å². The molecule has 2 amide bonds. The number of hydrogen-bond donors (Lipinski definition) is 2. The summed E-state index contributed by atoms with van der Waals surface area (Å²) in [6.07, 6.45) is 0. The van der Waals surface area contributed by atoms with E-state index in [0.717, 1.165) is 38.0 Å². The predicted molar refractivity (Wildman–Crippen MR) is 119 cm³/mol. The molecular formula is C22H21N5OS. The van der Waals surface area contributed by atoms with E-state index < -0.39 is 0 Å². The van der Waals surface area contributed by atoms with Gasteiger partial charge in [-0.15, -0.1) is 11.3 Å². The fraction of sp³-hybridized carbons (Fsp3) is 0.136. The van der Waals surface area contributed by atoms with Gasteiger partial charge >= 0.3 is 6.03 Å². The first kappa shape index (κ1) is 18.9. The molecule has 29 heavy (non-hydrogen) atoms. The van der Waals surface area contributed by atoms with Gasteiger partial charge in [-0.2, -0.15) is 0 Å². The van der Waals surface area contributed by atoms with Crippen LogP contribution in [-0.4, -0.2) is 30.1 Å². The molecule has 2 N–H and O–H groups in total. The minimum absolute atomic E-state index is 0.282. The van der Waals surface area contributed by atoms with Crippen LogP contribution in [0.2, 0.25) is 0 Å². The first-order chi connectivity index (χ1) is 14.1. The number of nitrogens with zero attached hydrogens (tertiary/aromatic N) is 3. The van der Waals surface area contributed by atoms with Gasteiger partial charge in [-0.1, -0.05) is 30.3 Å². The summed E-state index contributed by atoms with van der Waals surface area (Å²) in [6, 6.07) is 21.2. The van der Waals surface area contributed by atoms with Crippen molar-refractivity contribution >= 4 is 39.1 Å². The second-order valence-electron chi connectivity index (χ2n) is 6.72. The van der Waals surface area contributed by atoms with Gasteiger partial charge in [0.15, 0.2) is 0 Å². The Morgan fingerprint density at radius 2 is 1.76 bits per heavy atom. The van der Waals surface area contributed by atoms with Crippen molar-refractivity contribution in [3.63, 3.8) is 0 Å². The number of hydrogen-bond acceptors (Lipinski definition) is 5. The molecule has 4 aromatic rings. The molecule has 2 aromatic carbocycles. The summed E-state index contributed by atoms with van der Waals surface area (Å²) in [6.45, 7) is 0.344. The molecule has 0 radical (unpaired) electrons. The number of benzene rings is 2. The van der Waals surface area contributed by atoms with Crippen molar-refractivity contribution in [1.29, 1.82) is 0 Å². The zero-order valence-corrected chi connectivity index (χ0v) is 17.0. The van der Waals surface area contributed by atoms with Gasteiger partial charge in [0.2, 0.25) is 0 Å². The largest absolute Gasteiger partial charge is 0.363 e. The normalized spacial score (nSPS) is 10.7. The monoisotopic (exact) mass is 403 g/mol. The van der Waals surface area contributed by atoms with Crippen molar-refractivity contribution in [3.8, 4) is 10.6 Å². The number of urea groups is 1. The molecule has 7 heteroatoms. The quantitative estimate of drug-likeness (QED) is 0.505. The van der Waals surface area contributed by atoms with Crippen LogP contribution in [-0.2, 0) is 6.54 Å². The van der Waals surface area contributed by atoms with E-state index in [1.54, 1.807) is 11.3 Å². The molecule has 2 heterocycles. The molecule has 0 saturated carbocycles. The minimum Gasteiger partial charge on any atom is -0.363 e. The SMILES string of the molecule is CN(C)c1cccc(CNC(=O)Nc2ccccc2-c2nc3ccccc3s2)n1. The van der Waals surface area contributed by atoms with Gasteiger partial charge in [-0.05, 0) is 36.4 Å². The van der Waals surface area contributed by atoms with Crippen LogP contribution in [0, 0.1) is 0 Å². The molecular weight excluding hydrogens is 382 g/mol. The van der Waals surface area contributed by atoms with E-state index in [1.165, 1.54) is 0 Å². The predicted octanol–water partition coefficient (Wildman–Crippen LogP) is 4.75. The van der Waals surface area contributed by atoms with Crippen LogP contribution >= 0.6 is 11.3 Å². The number of carbonyl (C=O) groups is 1. The molecule has 0 aliphatic carbocycles. The van der Waals surface area contributed by atoms with E-state index in [1.807, 2.05) is 85.7 Å². The Kier molecular flexibility index (Phi) is 5.39. The number of carbonyl (C=O) groups excluding carboxylic acids is 1. The maximum absolute atomic E-state index is 12.5. The van der Waals surface area contributed by atoms with Crippen LogP contribution in [0.25, 0.3) is 20.8 Å². The minimum atomic E-state index is -0.282. The molecule has 0 saturated heterocycles. The van der Waals surface area contributed by atoms with Crippen molar-refractivity contribution < 1.29 is 4.79 Å². The standard InChI is InChI=1S/C22H21N5OS/c1-27(2)20-13-7-8-15(24-20)14-23-22(28)26-17-10-4-3-9-16(17)21-25-18-11-5-6-12-19(18)29-21/h3-13H,14H2,1-2H3,(H2,23,26,28). The van der Waals surface area contributed by atoms with Crippen LogP contribution < -0.4 is 15.5 Å². The number of amides is 2. The zero-order valence-electron chi connectivity index (χ0n) is 16.2. The molecule has 0 fully saturated rings. The van der Waals surface area contributed by atoms with Gasteiger partial charge < -0.3 is 15.5 Å². The summed E-state index contributed by atoms with van der Waals surface area (Å²) in [5.74, 6) is 0.853. The summed E-state index contributed by atoms with van der Waals surface area (Å²) in [4.78, 5) is 23.6. The molecule has 146 valence electrons. The lowest BCUT2D eigenvalue weighted by Gasteiger charge is -2.13.